The van der Waals surface area contributed by atoms with Crippen molar-refractivity contribution in [3.63, 3.8) is 0 Å². The molecule has 3 aromatic carbocycles. The Morgan fingerprint density at radius 3 is 2.25 bits per heavy atom. The zero-order valence-electron chi connectivity index (χ0n) is 26.7. The molecule has 1 aliphatic heterocycles. The first kappa shape index (κ1) is 32.0. The molecule has 1 heterocycles. The normalized spacial score (nSPS) is 20.0. The minimum Gasteiger partial charge on any atom is -0.493 e. The first-order chi connectivity index (χ1) is 21.2. The highest BCUT2D eigenvalue weighted by Crippen LogP contribution is 2.45. The Bertz CT molecular complexity index is 1460. The molecule has 5 rings (SSSR count). The maximum absolute atomic E-state index is 14.3. The fraction of sp³-hybridized carbons (Fsp3) is 0.472. The number of amides is 1. The molecule has 0 saturated heterocycles. The molecule has 1 saturated carbocycles. The van der Waals surface area contributed by atoms with Gasteiger partial charge >= 0.3 is 6.09 Å². The number of fused-ring (bicyclic) bond motifs is 1. The second kappa shape index (κ2) is 13.7. The van der Waals surface area contributed by atoms with Crippen LogP contribution in [0.15, 0.2) is 59.1 Å². The van der Waals surface area contributed by atoms with Gasteiger partial charge in [-0.15, -0.1) is 0 Å². The average molecular weight is 667 g/mol. The van der Waals surface area contributed by atoms with E-state index in [-0.39, 0.29) is 29.6 Å². The second-order valence-corrected chi connectivity index (χ2v) is 13.0. The van der Waals surface area contributed by atoms with Gasteiger partial charge in [-0.05, 0) is 93.9 Å². The van der Waals surface area contributed by atoms with E-state index in [1.54, 1.807) is 28.4 Å². The van der Waals surface area contributed by atoms with Crippen LogP contribution in [0, 0.1) is 5.92 Å². The smallest absolute Gasteiger partial charge is 0.410 e. The summed E-state index contributed by atoms with van der Waals surface area (Å²) in [6.07, 6.45) is 4.90. The summed E-state index contributed by atoms with van der Waals surface area (Å²) in [5.41, 5.74) is 4.30. The van der Waals surface area contributed by atoms with Crippen LogP contribution in [0.1, 0.15) is 67.8 Å². The SMILES string of the molecule is COc1cc2c(cc1OC)[C@H](Cc1ccc(OC)c(OC)c1Br)N(C(=O)O[C@H]1CCCC[C@@H]1C(C)(C)c1ccccc1)CC2. The minimum atomic E-state index is -0.287. The highest BCUT2D eigenvalue weighted by molar-refractivity contribution is 9.10. The summed E-state index contributed by atoms with van der Waals surface area (Å²) in [6, 6.07) is 18.3. The molecule has 0 aromatic heterocycles. The number of rotatable bonds is 9. The van der Waals surface area contributed by atoms with Gasteiger partial charge in [-0.25, -0.2) is 4.79 Å². The molecular weight excluding hydrogens is 622 g/mol. The number of nitrogens with zero attached hydrogens (tertiary/aromatic N) is 1. The van der Waals surface area contributed by atoms with E-state index < -0.39 is 0 Å². The van der Waals surface area contributed by atoms with Crippen LogP contribution in [0.25, 0.3) is 0 Å². The van der Waals surface area contributed by atoms with Gasteiger partial charge in [0.2, 0.25) is 0 Å². The van der Waals surface area contributed by atoms with Crippen molar-refractivity contribution in [3.8, 4) is 23.0 Å². The topological polar surface area (TPSA) is 66.5 Å². The molecule has 1 amide bonds. The summed E-state index contributed by atoms with van der Waals surface area (Å²) < 4.78 is 29.8. The van der Waals surface area contributed by atoms with E-state index in [2.05, 4.69) is 54.0 Å². The zero-order chi connectivity index (χ0) is 31.4. The Morgan fingerprint density at radius 2 is 1.57 bits per heavy atom. The van der Waals surface area contributed by atoms with Crippen LogP contribution in [0.2, 0.25) is 0 Å². The molecule has 2 aliphatic rings. The summed E-state index contributed by atoms with van der Waals surface area (Å²) in [4.78, 5) is 16.2. The van der Waals surface area contributed by atoms with Crippen LogP contribution in [0.4, 0.5) is 4.79 Å². The number of methoxy groups -OCH3 is 4. The quantitative estimate of drug-likeness (QED) is 0.229. The van der Waals surface area contributed by atoms with Gasteiger partial charge in [0.15, 0.2) is 23.0 Å². The first-order valence-electron chi connectivity index (χ1n) is 15.4. The van der Waals surface area contributed by atoms with Gasteiger partial charge in [0.25, 0.3) is 0 Å². The van der Waals surface area contributed by atoms with Crippen LogP contribution < -0.4 is 18.9 Å². The van der Waals surface area contributed by atoms with Gasteiger partial charge in [-0.1, -0.05) is 56.7 Å². The van der Waals surface area contributed by atoms with Crippen LogP contribution in [-0.4, -0.2) is 52.1 Å². The Hall–Kier alpha value is -3.39. The molecule has 7 nitrogen and oxygen atoms in total. The molecule has 3 atom stereocenters. The van der Waals surface area contributed by atoms with E-state index in [1.165, 1.54) is 5.56 Å². The Kier molecular flexibility index (Phi) is 9.98. The van der Waals surface area contributed by atoms with Gasteiger partial charge in [0, 0.05) is 12.5 Å². The molecular formula is C36H44BrNO6. The van der Waals surface area contributed by atoms with E-state index in [9.17, 15) is 4.79 Å². The summed E-state index contributed by atoms with van der Waals surface area (Å²) >= 11 is 3.75. The maximum Gasteiger partial charge on any atom is 0.410 e. The standard InChI is InChI=1S/C36H44BrNO6/c1-36(2,25-12-8-7-9-13-25)27-14-10-11-15-29(27)44-35(39)38-19-18-23-21-31(41-4)32(42-5)22-26(23)28(38)20-24-16-17-30(40-3)34(43-6)33(24)37/h7-9,12-13,16-17,21-22,27-29H,10-11,14-15,18-20H2,1-6H3/t27-,28-,29-/m0/s1. The lowest BCUT2D eigenvalue weighted by Crippen LogP contribution is -2.47. The largest absolute Gasteiger partial charge is 0.493 e. The van der Waals surface area contributed by atoms with E-state index in [4.69, 9.17) is 23.7 Å². The number of halogens is 1. The number of hydrogen-bond donors (Lipinski definition) is 0. The third kappa shape index (κ3) is 6.23. The Labute approximate surface area is 269 Å². The predicted octanol–water partition coefficient (Wildman–Crippen LogP) is 8.30. The Balaban J connectivity index is 1.49. The Morgan fingerprint density at radius 1 is 0.886 bits per heavy atom. The third-order valence-electron chi connectivity index (χ3n) is 9.61. The molecule has 0 N–H and O–H groups in total. The molecule has 0 spiro atoms. The molecule has 3 aromatic rings. The first-order valence-corrected chi connectivity index (χ1v) is 16.2. The highest BCUT2D eigenvalue weighted by atomic mass is 79.9. The number of ether oxygens (including phenoxy) is 5. The molecule has 1 aliphatic carbocycles. The molecule has 0 radical (unpaired) electrons. The monoisotopic (exact) mass is 665 g/mol. The van der Waals surface area contributed by atoms with Gasteiger partial charge in [-0.3, -0.25) is 0 Å². The van der Waals surface area contributed by atoms with Crippen molar-refractivity contribution in [2.75, 3.05) is 35.0 Å². The predicted molar refractivity (Wildman–Crippen MR) is 175 cm³/mol. The van der Waals surface area contributed by atoms with Crippen LogP contribution in [-0.2, 0) is 23.0 Å². The molecule has 0 bridgehead atoms. The summed E-state index contributed by atoms with van der Waals surface area (Å²) in [7, 11) is 6.53. The minimum absolute atomic E-state index is 0.130. The molecule has 1 fully saturated rings. The van der Waals surface area contributed by atoms with E-state index in [1.807, 2.05) is 35.2 Å². The number of carbonyl (C=O) groups excluding carboxylic acids is 1. The maximum atomic E-state index is 14.3. The highest BCUT2D eigenvalue weighted by Gasteiger charge is 2.42. The van der Waals surface area contributed by atoms with Crippen molar-refractivity contribution in [1.82, 2.24) is 4.90 Å². The van der Waals surface area contributed by atoms with Gasteiger partial charge in [-0.2, -0.15) is 0 Å². The van der Waals surface area contributed by atoms with Crippen molar-refractivity contribution in [3.05, 3.63) is 81.3 Å². The van der Waals surface area contributed by atoms with Crippen molar-refractivity contribution in [2.45, 2.75) is 69.9 Å². The number of benzene rings is 3. The van der Waals surface area contributed by atoms with Crippen molar-refractivity contribution in [2.24, 2.45) is 5.92 Å². The third-order valence-corrected chi connectivity index (χ3v) is 10.5. The average Bonchev–Trinajstić information content (AvgIpc) is 3.05. The number of carbonyl (C=O) groups is 1. The lowest BCUT2D eigenvalue weighted by atomic mass is 9.66. The van der Waals surface area contributed by atoms with E-state index in [0.29, 0.717) is 42.4 Å². The number of hydrogen-bond acceptors (Lipinski definition) is 6. The van der Waals surface area contributed by atoms with Crippen LogP contribution >= 0.6 is 15.9 Å². The molecule has 236 valence electrons. The van der Waals surface area contributed by atoms with Crippen LogP contribution in [0.3, 0.4) is 0 Å². The second-order valence-electron chi connectivity index (χ2n) is 12.2. The fourth-order valence-corrected chi connectivity index (χ4v) is 7.76. The van der Waals surface area contributed by atoms with Gasteiger partial charge < -0.3 is 28.6 Å². The summed E-state index contributed by atoms with van der Waals surface area (Å²) in [6.45, 7) is 5.11. The molecule has 44 heavy (non-hydrogen) atoms. The lowest BCUT2D eigenvalue weighted by Gasteiger charge is -2.44. The summed E-state index contributed by atoms with van der Waals surface area (Å²) in [5.74, 6) is 2.80. The summed E-state index contributed by atoms with van der Waals surface area (Å²) in [5, 5.41) is 0. The van der Waals surface area contributed by atoms with E-state index in [0.717, 1.165) is 46.8 Å². The van der Waals surface area contributed by atoms with E-state index >= 15 is 0 Å². The fourth-order valence-electron chi connectivity index (χ4n) is 7.11. The van der Waals surface area contributed by atoms with Crippen molar-refractivity contribution in [1.29, 1.82) is 0 Å². The van der Waals surface area contributed by atoms with Gasteiger partial charge in [0.1, 0.15) is 6.10 Å². The molecule has 0 unspecified atom stereocenters. The lowest BCUT2D eigenvalue weighted by molar-refractivity contribution is -0.0130. The van der Waals surface area contributed by atoms with Crippen LogP contribution in [0.5, 0.6) is 23.0 Å². The molecule has 8 heteroatoms. The van der Waals surface area contributed by atoms with Crippen molar-refractivity contribution < 1.29 is 28.5 Å². The van der Waals surface area contributed by atoms with Gasteiger partial charge in [0.05, 0.1) is 39.0 Å². The van der Waals surface area contributed by atoms with Crippen molar-refractivity contribution >= 4 is 22.0 Å². The zero-order valence-corrected chi connectivity index (χ0v) is 28.2.